The van der Waals surface area contributed by atoms with Crippen LogP contribution in [0.2, 0.25) is 0 Å². The molecule has 8 heteroatoms. The van der Waals surface area contributed by atoms with E-state index in [2.05, 4.69) is 30.7 Å². The first kappa shape index (κ1) is 19.8. The van der Waals surface area contributed by atoms with Gasteiger partial charge in [0.05, 0.1) is 19.6 Å². The van der Waals surface area contributed by atoms with Gasteiger partial charge in [0.2, 0.25) is 0 Å². The Morgan fingerprint density at radius 3 is 2.42 bits per heavy atom. The molecule has 0 aliphatic heterocycles. The number of esters is 1. The largest absolute Gasteiger partial charge is 0.469 e. The maximum Gasteiger partial charge on any atom is 0.387 e. The van der Waals surface area contributed by atoms with E-state index in [1.165, 1.54) is 31.4 Å². The molecule has 0 bridgehead atoms. The number of halogens is 3. The molecule has 0 saturated carbocycles. The summed E-state index contributed by atoms with van der Waals surface area (Å²) in [5.74, 6) is -0.979. The van der Waals surface area contributed by atoms with Gasteiger partial charge in [-0.05, 0) is 42.0 Å². The minimum Gasteiger partial charge on any atom is -0.469 e. The van der Waals surface area contributed by atoms with Gasteiger partial charge in [0.1, 0.15) is 5.75 Å². The van der Waals surface area contributed by atoms with Crippen LogP contribution in [0.25, 0.3) is 0 Å². The molecular weight excluding hydrogens is 412 g/mol. The monoisotopic (exact) mass is 427 g/mol. The molecule has 2 aromatic rings. The van der Waals surface area contributed by atoms with Crippen LogP contribution < -0.4 is 10.1 Å². The molecule has 1 unspecified atom stereocenters. The molecule has 0 aliphatic rings. The lowest BCUT2D eigenvalue weighted by atomic mass is 10.0. The van der Waals surface area contributed by atoms with Crippen LogP contribution in [0.4, 0.5) is 8.78 Å². The smallest absolute Gasteiger partial charge is 0.387 e. The van der Waals surface area contributed by atoms with Crippen molar-refractivity contribution in [3.63, 3.8) is 0 Å². The predicted molar refractivity (Wildman–Crippen MR) is 94.1 cm³/mol. The molecule has 5 nitrogen and oxygen atoms in total. The van der Waals surface area contributed by atoms with Crippen LogP contribution in [0.1, 0.15) is 28.4 Å². The molecule has 0 spiro atoms. The van der Waals surface area contributed by atoms with Crippen molar-refractivity contribution in [2.45, 2.75) is 19.1 Å². The Kier molecular flexibility index (Phi) is 7.08. The molecule has 2 aromatic carbocycles. The van der Waals surface area contributed by atoms with Gasteiger partial charge >= 0.3 is 12.6 Å². The number of carbonyl (C=O) groups is 2. The van der Waals surface area contributed by atoms with Crippen LogP contribution in [0, 0.1) is 0 Å². The zero-order chi connectivity index (χ0) is 19.1. The second kappa shape index (κ2) is 9.28. The number of benzene rings is 2. The molecule has 0 saturated heterocycles. The summed E-state index contributed by atoms with van der Waals surface area (Å²) in [4.78, 5) is 24.1. The maximum atomic E-state index is 12.5. The fourth-order valence-electron chi connectivity index (χ4n) is 2.25. The van der Waals surface area contributed by atoms with E-state index in [1.54, 1.807) is 18.2 Å². The number of ether oxygens (including phenoxy) is 2. The van der Waals surface area contributed by atoms with Crippen LogP contribution in [0.15, 0.2) is 53.0 Å². The van der Waals surface area contributed by atoms with E-state index in [0.717, 1.165) is 10.0 Å². The maximum absolute atomic E-state index is 12.5. The third kappa shape index (κ3) is 5.80. The fourth-order valence-corrected chi connectivity index (χ4v) is 2.67. The van der Waals surface area contributed by atoms with Crippen molar-refractivity contribution in [3.8, 4) is 5.75 Å². The van der Waals surface area contributed by atoms with Crippen molar-refractivity contribution in [1.82, 2.24) is 5.32 Å². The molecule has 0 aliphatic carbocycles. The summed E-state index contributed by atoms with van der Waals surface area (Å²) in [6, 6.07) is 11.8. The minimum atomic E-state index is -2.93. The van der Waals surface area contributed by atoms with Crippen LogP contribution in [0.3, 0.4) is 0 Å². The van der Waals surface area contributed by atoms with E-state index in [9.17, 15) is 18.4 Å². The van der Waals surface area contributed by atoms with E-state index in [-0.39, 0.29) is 17.7 Å². The molecule has 0 fully saturated rings. The number of hydrogen-bond acceptors (Lipinski definition) is 4. The Morgan fingerprint density at radius 1 is 1.15 bits per heavy atom. The standard InChI is InChI=1S/C18H16BrF2NO4/c1-25-16(23)10-15(12-3-2-4-13(19)9-12)22-17(24)11-5-7-14(8-6-11)26-18(20)21/h2-9,15,18H,10H2,1H3,(H,22,24). The second-order valence-corrected chi connectivity index (χ2v) is 6.18. The predicted octanol–water partition coefficient (Wildman–Crippen LogP) is 4.08. The first-order valence-corrected chi connectivity index (χ1v) is 8.36. The highest BCUT2D eigenvalue weighted by Gasteiger charge is 2.20. The van der Waals surface area contributed by atoms with Gasteiger partial charge in [0.25, 0.3) is 5.91 Å². The number of amides is 1. The minimum absolute atomic E-state index is 0.0466. The van der Waals surface area contributed by atoms with Crippen LogP contribution in [-0.4, -0.2) is 25.6 Å². The Morgan fingerprint density at radius 2 is 1.85 bits per heavy atom. The molecule has 1 N–H and O–H groups in total. The summed E-state index contributed by atoms with van der Waals surface area (Å²) in [7, 11) is 1.27. The van der Waals surface area contributed by atoms with E-state index >= 15 is 0 Å². The highest BCUT2D eigenvalue weighted by molar-refractivity contribution is 9.10. The Balaban J connectivity index is 2.16. The zero-order valence-corrected chi connectivity index (χ0v) is 15.3. The Bertz CT molecular complexity index is 768. The second-order valence-electron chi connectivity index (χ2n) is 5.26. The highest BCUT2D eigenvalue weighted by atomic mass is 79.9. The van der Waals surface area contributed by atoms with Gasteiger partial charge in [0, 0.05) is 10.0 Å². The normalized spacial score (nSPS) is 11.7. The van der Waals surface area contributed by atoms with Crippen molar-refractivity contribution >= 4 is 27.8 Å². The summed E-state index contributed by atoms with van der Waals surface area (Å²) in [6.07, 6.45) is -0.0503. The molecule has 1 amide bonds. The summed E-state index contributed by atoms with van der Waals surface area (Å²) in [5.41, 5.74) is 0.965. The topological polar surface area (TPSA) is 64.6 Å². The van der Waals surface area contributed by atoms with Crippen molar-refractivity contribution in [2.75, 3.05) is 7.11 Å². The number of hydrogen-bond donors (Lipinski definition) is 1. The van der Waals surface area contributed by atoms with Gasteiger partial charge in [-0.25, -0.2) is 0 Å². The van der Waals surface area contributed by atoms with E-state index in [4.69, 9.17) is 0 Å². The number of methoxy groups -OCH3 is 1. The first-order valence-electron chi connectivity index (χ1n) is 7.57. The van der Waals surface area contributed by atoms with Crippen LogP contribution in [0.5, 0.6) is 5.75 Å². The number of nitrogens with one attached hydrogen (secondary N) is 1. The molecular formula is C18H16BrF2NO4. The molecule has 0 aromatic heterocycles. The lowest BCUT2D eigenvalue weighted by Gasteiger charge is -2.18. The third-order valence-electron chi connectivity index (χ3n) is 3.50. The van der Waals surface area contributed by atoms with Gasteiger partial charge in [-0.1, -0.05) is 28.1 Å². The van der Waals surface area contributed by atoms with Gasteiger partial charge < -0.3 is 14.8 Å². The fraction of sp³-hybridized carbons (Fsp3) is 0.222. The lowest BCUT2D eigenvalue weighted by Crippen LogP contribution is -2.30. The highest BCUT2D eigenvalue weighted by Crippen LogP contribution is 2.22. The van der Waals surface area contributed by atoms with Crippen molar-refractivity contribution < 1.29 is 27.8 Å². The summed E-state index contributed by atoms with van der Waals surface area (Å²) < 4.78 is 34.1. The molecule has 0 heterocycles. The molecule has 0 radical (unpaired) electrons. The van der Waals surface area contributed by atoms with E-state index in [0.29, 0.717) is 0 Å². The molecule has 1 atom stereocenters. The average molecular weight is 428 g/mol. The van der Waals surface area contributed by atoms with Gasteiger partial charge in [-0.2, -0.15) is 8.78 Å². The summed E-state index contributed by atoms with van der Waals surface area (Å²) >= 11 is 3.35. The van der Waals surface area contributed by atoms with Gasteiger partial charge in [-0.15, -0.1) is 0 Å². The number of rotatable bonds is 7. The summed E-state index contributed by atoms with van der Waals surface area (Å²) in [6.45, 7) is -2.93. The number of alkyl halides is 2. The first-order chi connectivity index (χ1) is 12.4. The van der Waals surface area contributed by atoms with Crippen molar-refractivity contribution in [1.29, 1.82) is 0 Å². The third-order valence-corrected chi connectivity index (χ3v) is 3.99. The lowest BCUT2D eigenvalue weighted by molar-refractivity contribution is -0.141. The van der Waals surface area contributed by atoms with E-state index < -0.39 is 24.5 Å². The Hall–Kier alpha value is -2.48. The zero-order valence-electron chi connectivity index (χ0n) is 13.7. The van der Waals surface area contributed by atoms with Crippen molar-refractivity contribution in [2.24, 2.45) is 0 Å². The quantitative estimate of drug-likeness (QED) is 0.675. The summed E-state index contributed by atoms with van der Waals surface area (Å²) in [5, 5.41) is 2.75. The molecule has 26 heavy (non-hydrogen) atoms. The van der Waals surface area contributed by atoms with E-state index in [1.807, 2.05) is 6.07 Å². The van der Waals surface area contributed by atoms with Crippen LogP contribution >= 0.6 is 15.9 Å². The molecule has 2 rings (SSSR count). The number of carbonyl (C=O) groups excluding carboxylic acids is 2. The SMILES string of the molecule is COC(=O)CC(NC(=O)c1ccc(OC(F)F)cc1)c1cccc(Br)c1. The van der Waals surface area contributed by atoms with Crippen molar-refractivity contribution in [3.05, 3.63) is 64.1 Å². The average Bonchev–Trinajstić information content (AvgIpc) is 2.61. The van der Waals surface area contributed by atoms with Crippen LogP contribution in [-0.2, 0) is 9.53 Å². The van der Waals surface area contributed by atoms with Gasteiger partial charge in [-0.3, -0.25) is 9.59 Å². The molecule has 138 valence electrons. The van der Waals surface area contributed by atoms with Gasteiger partial charge in [0.15, 0.2) is 0 Å². The Labute approximate surface area is 157 Å².